The third-order valence-corrected chi connectivity index (χ3v) is 5.13. The molecule has 0 aliphatic carbocycles. The van der Waals surface area contributed by atoms with Crippen molar-refractivity contribution in [1.29, 1.82) is 0 Å². The molecule has 0 unspecified atom stereocenters. The molecule has 28 heavy (non-hydrogen) atoms. The number of hydrogen-bond acceptors (Lipinski definition) is 7. The number of hydrogen-bond donors (Lipinski definition) is 2. The Bertz CT molecular complexity index is 865. The predicted octanol–water partition coefficient (Wildman–Crippen LogP) is 2.42. The van der Waals surface area contributed by atoms with Gasteiger partial charge in [0.25, 0.3) is 5.91 Å². The van der Waals surface area contributed by atoms with Crippen LogP contribution in [0.1, 0.15) is 19.8 Å². The van der Waals surface area contributed by atoms with E-state index in [9.17, 15) is 22.8 Å². The molecule has 0 radical (unpaired) electrons. The Hall–Kier alpha value is -2.24. The molecule has 2 amide bonds. The monoisotopic (exact) mass is 416 g/mol. The number of halogens is 3. The maximum absolute atomic E-state index is 12.9. The second-order valence-electron chi connectivity index (χ2n) is 6.17. The van der Waals surface area contributed by atoms with E-state index in [0.717, 1.165) is 28.7 Å². The summed E-state index contributed by atoms with van der Waals surface area (Å²) in [7, 11) is 0. The highest BCUT2D eigenvalue weighted by Gasteiger charge is 2.34. The van der Waals surface area contributed by atoms with E-state index in [2.05, 4.69) is 20.4 Å². The summed E-state index contributed by atoms with van der Waals surface area (Å²) in [5.74, 6) is -1.26. The van der Waals surface area contributed by atoms with Crippen molar-refractivity contribution in [2.24, 2.45) is 0 Å². The first-order valence-corrected chi connectivity index (χ1v) is 9.57. The molecule has 0 saturated carbocycles. The number of alkyl halides is 3. The number of aromatic nitrogens is 1. The molecular weight excluding hydrogens is 397 g/mol. The topological polar surface area (TPSA) is 83.6 Å². The second kappa shape index (κ2) is 8.41. The Balaban J connectivity index is 1.92. The lowest BCUT2D eigenvalue weighted by molar-refractivity contribution is -0.274. The van der Waals surface area contributed by atoms with Crippen molar-refractivity contribution in [2.75, 3.05) is 24.5 Å². The first kappa shape index (κ1) is 20.5. The number of thiazole rings is 1. The number of fused-ring (bicyclic) bond motifs is 1. The number of rotatable bonds is 6. The van der Waals surface area contributed by atoms with Gasteiger partial charge in [-0.15, -0.1) is 13.2 Å². The molecule has 2 aromatic rings. The second-order valence-corrected chi connectivity index (χ2v) is 7.18. The van der Waals surface area contributed by atoms with Gasteiger partial charge in [0, 0.05) is 6.07 Å². The molecule has 1 atom stereocenters. The van der Waals surface area contributed by atoms with E-state index in [4.69, 9.17) is 0 Å². The van der Waals surface area contributed by atoms with Crippen molar-refractivity contribution < 1.29 is 27.5 Å². The quantitative estimate of drug-likeness (QED) is 0.753. The average molecular weight is 416 g/mol. The van der Waals surface area contributed by atoms with Crippen molar-refractivity contribution in [1.82, 2.24) is 15.6 Å². The van der Waals surface area contributed by atoms with Gasteiger partial charge >= 0.3 is 6.36 Å². The fraction of sp³-hybridized carbons (Fsp3) is 0.471. The van der Waals surface area contributed by atoms with Gasteiger partial charge in [0.2, 0.25) is 5.91 Å². The maximum atomic E-state index is 12.9. The largest absolute Gasteiger partial charge is 0.573 e. The van der Waals surface area contributed by atoms with E-state index in [1.807, 2.05) is 6.92 Å². The lowest BCUT2D eigenvalue weighted by Gasteiger charge is -2.21. The van der Waals surface area contributed by atoms with Crippen molar-refractivity contribution >= 4 is 38.5 Å². The highest BCUT2D eigenvalue weighted by atomic mass is 32.1. The van der Waals surface area contributed by atoms with Crippen LogP contribution in [0.3, 0.4) is 0 Å². The van der Waals surface area contributed by atoms with Gasteiger partial charge in [0.1, 0.15) is 5.75 Å². The first-order valence-electron chi connectivity index (χ1n) is 8.75. The number of ether oxygens (including phenoxy) is 1. The van der Waals surface area contributed by atoms with Crippen LogP contribution in [0, 0.1) is 0 Å². The van der Waals surface area contributed by atoms with Gasteiger partial charge in [0.15, 0.2) is 5.13 Å². The highest BCUT2D eigenvalue weighted by Crippen LogP contribution is 2.33. The molecule has 1 aromatic carbocycles. The van der Waals surface area contributed by atoms with Gasteiger partial charge in [-0.2, -0.15) is 0 Å². The van der Waals surface area contributed by atoms with E-state index in [1.165, 1.54) is 12.1 Å². The Morgan fingerprint density at radius 1 is 1.43 bits per heavy atom. The summed E-state index contributed by atoms with van der Waals surface area (Å²) in [4.78, 5) is 30.8. The fourth-order valence-electron chi connectivity index (χ4n) is 2.87. The first-order chi connectivity index (χ1) is 13.3. The highest BCUT2D eigenvalue weighted by molar-refractivity contribution is 7.22. The summed E-state index contributed by atoms with van der Waals surface area (Å²) in [6.07, 6.45) is -3.37. The smallest absolute Gasteiger partial charge is 0.406 e. The van der Waals surface area contributed by atoms with Crippen LogP contribution in [0.4, 0.5) is 18.3 Å². The van der Waals surface area contributed by atoms with Crippen LogP contribution in [0.5, 0.6) is 5.75 Å². The molecule has 1 saturated heterocycles. The van der Waals surface area contributed by atoms with Gasteiger partial charge < -0.3 is 15.4 Å². The molecule has 1 aromatic heterocycles. The Kier molecular flexibility index (Phi) is 6.16. The van der Waals surface area contributed by atoms with Crippen LogP contribution in [0.2, 0.25) is 0 Å². The third-order valence-electron chi connectivity index (χ3n) is 4.13. The molecule has 1 fully saturated rings. The minimum absolute atomic E-state index is 0.0483. The molecule has 2 N–H and O–H groups in total. The Morgan fingerprint density at radius 2 is 2.21 bits per heavy atom. The zero-order valence-corrected chi connectivity index (χ0v) is 15.8. The van der Waals surface area contributed by atoms with E-state index in [-0.39, 0.29) is 17.4 Å². The number of nitrogens with zero attached hydrogens (tertiary/aromatic N) is 2. The molecule has 1 aliphatic rings. The van der Waals surface area contributed by atoms with Crippen LogP contribution in [0.15, 0.2) is 18.2 Å². The molecule has 0 bridgehead atoms. The summed E-state index contributed by atoms with van der Waals surface area (Å²) in [6.45, 7) is 3.02. The van der Waals surface area contributed by atoms with E-state index in [1.54, 1.807) is 0 Å². The number of imide groups is 1. The molecule has 0 spiro atoms. The zero-order chi connectivity index (χ0) is 20.3. The number of carbonyl (C=O) groups is 2. The minimum Gasteiger partial charge on any atom is -0.406 e. The van der Waals surface area contributed by atoms with E-state index < -0.39 is 24.2 Å². The SMILES string of the molecule is CCNCC(=O)N(C(=O)[C@@H]1CCCN1)c1nc2ccc(OC(F)(F)F)cc2s1. The Labute approximate surface area is 162 Å². The van der Waals surface area contributed by atoms with Crippen LogP contribution in [0.25, 0.3) is 10.2 Å². The van der Waals surface area contributed by atoms with Gasteiger partial charge in [-0.05, 0) is 38.1 Å². The number of carbonyl (C=O) groups excluding carboxylic acids is 2. The molecule has 3 rings (SSSR count). The van der Waals surface area contributed by atoms with E-state index in [0.29, 0.717) is 29.7 Å². The van der Waals surface area contributed by atoms with Gasteiger partial charge in [-0.1, -0.05) is 18.3 Å². The maximum Gasteiger partial charge on any atom is 0.573 e. The fourth-order valence-corrected chi connectivity index (χ4v) is 3.89. The molecule has 152 valence electrons. The lowest BCUT2D eigenvalue weighted by Crippen LogP contribution is -2.49. The lowest BCUT2D eigenvalue weighted by atomic mass is 10.2. The summed E-state index contributed by atoms with van der Waals surface area (Å²) in [5.41, 5.74) is 0.378. The predicted molar refractivity (Wildman–Crippen MR) is 98.4 cm³/mol. The summed E-state index contributed by atoms with van der Waals surface area (Å²) >= 11 is 0.965. The number of nitrogens with one attached hydrogen (secondary N) is 2. The number of benzene rings is 1. The molecular formula is C17H19F3N4O3S. The Morgan fingerprint density at radius 3 is 2.86 bits per heavy atom. The van der Waals surface area contributed by atoms with Gasteiger partial charge in [-0.3, -0.25) is 9.59 Å². The van der Waals surface area contributed by atoms with Crippen LogP contribution >= 0.6 is 11.3 Å². The molecule has 11 heteroatoms. The third kappa shape index (κ3) is 4.78. The normalized spacial score (nSPS) is 17.1. The minimum atomic E-state index is -4.81. The summed E-state index contributed by atoms with van der Waals surface area (Å²) < 4.78 is 41.6. The number of amides is 2. The summed E-state index contributed by atoms with van der Waals surface area (Å²) in [5, 5.41) is 6.06. The zero-order valence-electron chi connectivity index (χ0n) is 15.0. The molecule has 1 aliphatic heterocycles. The summed E-state index contributed by atoms with van der Waals surface area (Å²) in [6, 6.07) is 3.21. The number of anilines is 1. The number of likely N-dealkylation sites (N-methyl/N-ethyl adjacent to an activating group) is 1. The standard InChI is InChI=1S/C17H19F3N4O3S/c1-2-21-9-14(25)24(15(26)12-4-3-7-22-12)16-23-11-6-5-10(8-13(11)28-16)27-17(18,19)20/h5-6,8,12,21-22H,2-4,7,9H2,1H3/t12-/m0/s1. The van der Waals surface area contributed by atoms with Crippen LogP contribution < -0.4 is 20.3 Å². The van der Waals surface area contributed by atoms with Crippen LogP contribution in [-0.4, -0.2) is 48.8 Å². The van der Waals surface area contributed by atoms with E-state index >= 15 is 0 Å². The molecule has 7 nitrogen and oxygen atoms in total. The van der Waals surface area contributed by atoms with Gasteiger partial charge in [-0.25, -0.2) is 9.88 Å². The average Bonchev–Trinajstić information content (AvgIpc) is 3.27. The van der Waals surface area contributed by atoms with Crippen molar-refractivity contribution in [3.8, 4) is 5.75 Å². The van der Waals surface area contributed by atoms with Gasteiger partial charge in [0.05, 0.1) is 22.8 Å². The van der Waals surface area contributed by atoms with Crippen molar-refractivity contribution in [2.45, 2.75) is 32.2 Å². The van der Waals surface area contributed by atoms with Crippen LogP contribution in [-0.2, 0) is 9.59 Å². The van der Waals surface area contributed by atoms with Crippen molar-refractivity contribution in [3.05, 3.63) is 18.2 Å². The molecule has 2 heterocycles. The van der Waals surface area contributed by atoms with Crippen molar-refractivity contribution in [3.63, 3.8) is 0 Å².